The van der Waals surface area contributed by atoms with Gasteiger partial charge in [-0.1, -0.05) is 106 Å². The van der Waals surface area contributed by atoms with E-state index in [1.807, 2.05) is 12.2 Å². The zero-order chi connectivity index (χ0) is 31.2. The van der Waals surface area contributed by atoms with E-state index in [4.69, 9.17) is 9.31 Å². The summed E-state index contributed by atoms with van der Waals surface area (Å²) in [6, 6.07) is 29.0. The minimum atomic E-state index is -0.511. The van der Waals surface area contributed by atoms with E-state index in [1.54, 1.807) is 0 Å². The van der Waals surface area contributed by atoms with Crippen molar-refractivity contribution in [2.45, 2.75) is 58.2 Å². The topological polar surface area (TPSA) is 23.4 Å². The van der Waals surface area contributed by atoms with E-state index in [0.717, 1.165) is 28.0 Å². The van der Waals surface area contributed by atoms with Crippen LogP contribution in [0.1, 0.15) is 63.8 Å². The molecule has 0 radical (unpaired) electrons. The Balaban J connectivity index is 1.42. The second-order valence-corrected chi connectivity index (χ2v) is 13.8. The summed E-state index contributed by atoms with van der Waals surface area (Å²) in [6.07, 6.45) is 3.85. The zero-order valence-electron chi connectivity index (χ0n) is 26.9. The van der Waals surface area contributed by atoms with Crippen LogP contribution in [0.3, 0.4) is 0 Å². The van der Waals surface area contributed by atoms with Crippen LogP contribution in [0, 0.1) is 0 Å². The standard InChI is InChI=1S/C40H40BNO2/c1-10-27-28(11-2)37(41-43-39(5,6)40(7,8)44-41)42(9)36(27)26-21-22-31-33(23-26)38(3,4)34-24-32(25-17-13-12-14-18-25)29-19-15-16-20-30(29)35(31)34/h10-24H,1-2H2,3-9H3. The molecule has 4 aromatic carbocycles. The van der Waals surface area contributed by atoms with Crippen molar-refractivity contribution >= 4 is 35.6 Å². The Bertz CT molecular complexity index is 1980. The molecule has 0 saturated carbocycles. The van der Waals surface area contributed by atoms with Gasteiger partial charge in [0, 0.05) is 18.0 Å². The first-order valence-electron chi connectivity index (χ1n) is 15.5. The number of aromatic nitrogens is 1. The molecule has 1 saturated heterocycles. The molecule has 1 aliphatic carbocycles. The number of nitrogens with zero attached hydrogens (tertiary/aromatic N) is 1. The van der Waals surface area contributed by atoms with Gasteiger partial charge in [-0.15, -0.1) is 0 Å². The molecule has 1 aliphatic heterocycles. The van der Waals surface area contributed by atoms with Crippen LogP contribution in [-0.2, 0) is 21.8 Å². The van der Waals surface area contributed by atoms with Crippen LogP contribution in [0.5, 0.6) is 0 Å². The van der Waals surface area contributed by atoms with Crippen molar-refractivity contribution in [2.24, 2.45) is 7.05 Å². The molecule has 3 nitrogen and oxygen atoms in total. The highest BCUT2D eigenvalue weighted by molar-refractivity contribution is 6.62. The van der Waals surface area contributed by atoms with Gasteiger partial charge < -0.3 is 13.9 Å². The van der Waals surface area contributed by atoms with Crippen LogP contribution in [0.4, 0.5) is 0 Å². The molecular formula is C40H40BNO2. The smallest absolute Gasteiger partial charge is 0.398 e. The second-order valence-electron chi connectivity index (χ2n) is 13.8. The van der Waals surface area contributed by atoms with Crippen molar-refractivity contribution in [2.75, 3.05) is 0 Å². The average Bonchev–Trinajstić information content (AvgIpc) is 3.51. The minimum absolute atomic E-state index is 0.191. The molecule has 1 aromatic heterocycles. The fraction of sp³-hybridized carbons (Fsp3) is 0.250. The number of rotatable bonds is 5. The van der Waals surface area contributed by atoms with E-state index in [2.05, 4.69) is 145 Å². The first-order valence-corrected chi connectivity index (χ1v) is 15.5. The van der Waals surface area contributed by atoms with E-state index in [9.17, 15) is 0 Å². The second kappa shape index (κ2) is 9.69. The number of fused-ring (bicyclic) bond motifs is 5. The maximum Gasteiger partial charge on any atom is 0.512 e. The molecule has 2 aliphatic rings. The van der Waals surface area contributed by atoms with Gasteiger partial charge in [0.15, 0.2) is 0 Å². The third-order valence-corrected chi connectivity index (χ3v) is 10.4. The van der Waals surface area contributed by atoms with E-state index in [-0.39, 0.29) is 5.41 Å². The summed E-state index contributed by atoms with van der Waals surface area (Å²) in [5, 5.41) is 2.58. The molecule has 1 fully saturated rings. The van der Waals surface area contributed by atoms with Gasteiger partial charge in [-0.25, -0.2) is 0 Å². The summed E-state index contributed by atoms with van der Waals surface area (Å²) in [7, 11) is 1.59. The van der Waals surface area contributed by atoms with Crippen molar-refractivity contribution in [3.8, 4) is 33.5 Å². The van der Waals surface area contributed by atoms with Crippen LogP contribution >= 0.6 is 0 Å². The lowest BCUT2D eigenvalue weighted by molar-refractivity contribution is 0.00578. The summed E-state index contributed by atoms with van der Waals surface area (Å²) >= 11 is 0. The molecule has 7 rings (SSSR count). The van der Waals surface area contributed by atoms with Gasteiger partial charge in [0.05, 0.1) is 22.5 Å². The lowest BCUT2D eigenvalue weighted by Crippen LogP contribution is -2.41. The van der Waals surface area contributed by atoms with Crippen LogP contribution in [0.15, 0.2) is 92.0 Å². The van der Waals surface area contributed by atoms with Crippen molar-refractivity contribution in [3.05, 3.63) is 114 Å². The highest BCUT2D eigenvalue weighted by Gasteiger charge is 2.53. The summed E-state index contributed by atoms with van der Waals surface area (Å²) in [5.74, 6) is 0. The van der Waals surface area contributed by atoms with E-state index in [0.29, 0.717) is 0 Å². The third-order valence-electron chi connectivity index (χ3n) is 10.4. The average molecular weight is 578 g/mol. The third kappa shape index (κ3) is 3.91. The SMILES string of the molecule is C=Cc1c(C=C)c(-c2ccc3c(c2)C(C)(C)c2cc(-c4ccccc4)c4ccccc4c2-3)n(C)c1B1OC(C)(C)C(C)(C)O1. The Morgan fingerprint density at radius 2 is 1.27 bits per heavy atom. The molecule has 0 atom stereocenters. The molecule has 44 heavy (non-hydrogen) atoms. The predicted molar refractivity (Wildman–Crippen MR) is 187 cm³/mol. The fourth-order valence-corrected chi connectivity index (χ4v) is 7.34. The predicted octanol–water partition coefficient (Wildman–Crippen LogP) is 9.40. The Kier molecular flexibility index (Phi) is 6.31. The van der Waals surface area contributed by atoms with Crippen molar-refractivity contribution in [1.29, 1.82) is 0 Å². The highest BCUT2D eigenvalue weighted by atomic mass is 16.7. The largest absolute Gasteiger partial charge is 0.512 e. The summed E-state index contributed by atoms with van der Waals surface area (Å²) in [4.78, 5) is 0. The quantitative estimate of drug-likeness (QED) is 0.194. The van der Waals surface area contributed by atoms with Gasteiger partial charge >= 0.3 is 7.12 Å². The molecule has 0 unspecified atom stereocenters. The Morgan fingerprint density at radius 3 is 1.91 bits per heavy atom. The molecule has 5 aromatic rings. The van der Waals surface area contributed by atoms with Crippen LogP contribution in [0.25, 0.3) is 56.4 Å². The van der Waals surface area contributed by atoms with E-state index in [1.165, 1.54) is 44.2 Å². The maximum atomic E-state index is 6.53. The molecule has 2 heterocycles. The molecule has 0 spiro atoms. The maximum absolute atomic E-state index is 6.53. The molecule has 0 bridgehead atoms. The van der Waals surface area contributed by atoms with Crippen LogP contribution in [0.2, 0.25) is 0 Å². The van der Waals surface area contributed by atoms with Crippen molar-refractivity contribution < 1.29 is 9.31 Å². The van der Waals surface area contributed by atoms with Gasteiger partial charge in [-0.05, 0) is 95.1 Å². The lowest BCUT2D eigenvalue weighted by atomic mass is 9.80. The lowest BCUT2D eigenvalue weighted by Gasteiger charge is -2.32. The van der Waals surface area contributed by atoms with Gasteiger partial charge in [-0.3, -0.25) is 0 Å². The molecule has 0 amide bonds. The number of hydrogen-bond acceptors (Lipinski definition) is 2. The summed E-state index contributed by atoms with van der Waals surface area (Å²) in [5.41, 5.74) is 12.0. The van der Waals surface area contributed by atoms with Gasteiger partial charge in [0.25, 0.3) is 0 Å². The van der Waals surface area contributed by atoms with Crippen molar-refractivity contribution in [3.63, 3.8) is 0 Å². The Labute approximate surface area is 262 Å². The van der Waals surface area contributed by atoms with Crippen LogP contribution < -0.4 is 5.59 Å². The molecule has 0 N–H and O–H groups in total. The highest BCUT2D eigenvalue weighted by Crippen LogP contribution is 2.54. The molecule has 220 valence electrons. The first-order chi connectivity index (χ1) is 20.9. The van der Waals surface area contributed by atoms with Crippen LogP contribution in [-0.4, -0.2) is 22.9 Å². The van der Waals surface area contributed by atoms with Gasteiger partial charge in [0.1, 0.15) is 0 Å². The molecular weight excluding hydrogens is 537 g/mol. The summed E-state index contributed by atoms with van der Waals surface area (Å²) < 4.78 is 15.3. The van der Waals surface area contributed by atoms with E-state index >= 15 is 0 Å². The summed E-state index contributed by atoms with van der Waals surface area (Å²) in [6.45, 7) is 21.5. The minimum Gasteiger partial charge on any atom is -0.398 e. The van der Waals surface area contributed by atoms with E-state index < -0.39 is 18.3 Å². The van der Waals surface area contributed by atoms with Gasteiger partial charge in [0.2, 0.25) is 0 Å². The number of hydrogen-bond donors (Lipinski definition) is 0. The Morgan fingerprint density at radius 1 is 0.659 bits per heavy atom. The number of benzene rings is 4. The first kappa shape index (κ1) is 28.6. The monoisotopic (exact) mass is 577 g/mol. The van der Waals surface area contributed by atoms with Gasteiger partial charge in [-0.2, -0.15) is 0 Å². The van der Waals surface area contributed by atoms with Crippen molar-refractivity contribution in [1.82, 2.24) is 4.57 Å². The zero-order valence-corrected chi connectivity index (χ0v) is 26.9. The fourth-order valence-electron chi connectivity index (χ4n) is 7.34. The molecule has 4 heteroatoms. The Hall–Kier alpha value is -4.12. The normalized spacial score (nSPS) is 17.5.